The summed E-state index contributed by atoms with van der Waals surface area (Å²) in [5.74, 6) is 1.78. The molecule has 0 bridgehead atoms. The second-order valence-corrected chi connectivity index (χ2v) is 12.1. The molecular formula is C37H55FN2. The molecule has 1 heterocycles. The van der Waals surface area contributed by atoms with Gasteiger partial charge in [0.2, 0.25) is 0 Å². The number of rotatable bonds is 9. The number of allylic oxidation sites excluding steroid dienone is 4. The second kappa shape index (κ2) is 15.0. The quantitative estimate of drug-likeness (QED) is 0.315. The summed E-state index contributed by atoms with van der Waals surface area (Å²) in [4.78, 5) is 2.54. The number of fused-ring (bicyclic) bond motifs is 1. The molecule has 220 valence electrons. The maximum absolute atomic E-state index is 16.1. The first-order valence-electron chi connectivity index (χ1n) is 15.9. The van der Waals surface area contributed by atoms with Crippen LogP contribution < -0.4 is 10.2 Å². The lowest BCUT2D eigenvalue weighted by molar-refractivity contribution is 0.134. The molecule has 0 amide bonds. The minimum atomic E-state index is -1.34. The summed E-state index contributed by atoms with van der Waals surface area (Å²) < 4.78 is 16.1. The van der Waals surface area contributed by atoms with Gasteiger partial charge < -0.3 is 10.2 Å². The summed E-state index contributed by atoms with van der Waals surface area (Å²) >= 11 is 0. The third-order valence-electron chi connectivity index (χ3n) is 9.09. The summed E-state index contributed by atoms with van der Waals surface area (Å²) in [6.45, 7) is 21.1. The Morgan fingerprint density at radius 1 is 1.10 bits per heavy atom. The maximum Gasteiger partial charge on any atom is 0.134 e. The number of nitrogens with one attached hydrogen (secondary N) is 1. The lowest BCUT2D eigenvalue weighted by atomic mass is 9.64. The van der Waals surface area contributed by atoms with Gasteiger partial charge in [0.25, 0.3) is 0 Å². The van der Waals surface area contributed by atoms with Crippen LogP contribution in [-0.4, -0.2) is 26.2 Å². The zero-order valence-electron chi connectivity index (χ0n) is 26.6. The molecule has 2 aromatic rings. The first-order valence-corrected chi connectivity index (χ1v) is 15.9. The van der Waals surface area contributed by atoms with Gasteiger partial charge in [-0.05, 0) is 112 Å². The summed E-state index contributed by atoms with van der Waals surface area (Å²) in [5.41, 5.74) is 5.60. The van der Waals surface area contributed by atoms with Crippen LogP contribution in [0.1, 0.15) is 102 Å². The first kappa shape index (κ1) is 32.1. The Bertz CT molecular complexity index is 1110. The molecule has 0 spiro atoms. The van der Waals surface area contributed by atoms with Crippen LogP contribution in [0.3, 0.4) is 0 Å². The van der Waals surface area contributed by atoms with Gasteiger partial charge in [-0.3, -0.25) is 0 Å². The number of benzene rings is 2. The number of aryl methyl sites for hydroxylation is 1. The van der Waals surface area contributed by atoms with E-state index in [-0.39, 0.29) is 11.8 Å². The van der Waals surface area contributed by atoms with Crippen molar-refractivity contribution in [1.29, 1.82) is 0 Å². The average molecular weight is 547 g/mol. The van der Waals surface area contributed by atoms with Crippen molar-refractivity contribution in [3.05, 3.63) is 88.5 Å². The van der Waals surface area contributed by atoms with E-state index in [0.29, 0.717) is 6.42 Å². The molecule has 1 N–H and O–H groups in total. The minimum Gasteiger partial charge on any atom is -0.372 e. The van der Waals surface area contributed by atoms with Gasteiger partial charge in [-0.1, -0.05) is 88.2 Å². The number of halogens is 1. The van der Waals surface area contributed by atoms with Gasteiger partial charge >= 0.3 is 0 Å². The van der Waals surface area contributed by atoms with Crippen molar-refractivity contribution in [3.63, 3.8) is 0 Å². The van der Waals surface area contributed by atoms with Gasteiger partial charge in [0, 0.05) is 24.7 Å². The topological polar surface area (TPSA) is 15.3 Å². The Morgan fingerprint density at radius 2 is 1.77 bits per heavy atom. The van der Waals surface area contributed by atoms with Crippen LogP contribution >= 0.6 is 0 Å². The highest BCUT2D eigenvalue weighted by molar-refractivity contribution is 5.53. The molecular weight excluding hydrogens is 491 g/mol. The highest BCUT2D eigenvalue weighted by atomic mass is 19.1. The Labute approximate surface area is 245 Å². The van der Waals surface area contributed by atoms with Crippen LogP contribution in [0.15, 0.2) is 66.3 Å². The minimum absolute atomic E-state index is 0.103. The van der Waals surface area contributed by atoms with E-state index in [9.17, 15) is 0 Å². The Morgan fingerprint density at radius 3 is 2.38 bits per heavy atom. The third kappa shape index (κ3) is 7.66. The predicted octanol–water partition coefficient (Wildman–Crippen LogP) is 9.73. The van der Waals surface area contributed by atoms with Crippen LogP contribution in [0.5, 0.6) is 0 Å². The highest BCUT2D eigenvalue weighted by Gasteiger charge is 2.43. The molecule has 4 unspecified atom stereocenters. The normalized spacial score (nSPS) is 24.4. The van der Waals surface area contributed by atoms with Crippen LogP contribution in [0.2, 0.25) is 0 Å². The van der Waals surface area contributed by atoms with E-state index >= 15 is 4.39 Å². The summed E-state index contributed by atoms with van der Waals surface area (Å²) in [6.07, 6.45) is 10.7. The SMILES string of the molecule is C/C=C\C(=C/C)C1CC(C)(F)c2cc(C)ccc2C1c1ccc(N2CCC(CNCC(C)CC)CC2)cc1.CC. The summed E-state index contributed by atoms with van der Waals surface area (Å²) in [5, 5.41) is 3.69. The molecule has 3 heteroatoms. The van der Waals surface area contributed by atoms with Crippen molar-refractivity contribution in [2.45, 2.75) is 92.7 Å². The van der Waals surface area contributed by atoms with Crippen LogP contribution in [-0.2, 0) is 5.67 Å². The molecule has 1 aliphatic carbocycles. The van der Waals surface area contributed by atoms with E-state index in [2.05, 4.69) is 98.6 Å². The molecule has 1 fully saturated rings. The molecule has 2 aliphatic rings. The Kier molecular flexibility index (Phi) is 12.1. The smallest absolute Gasteiger partial charge is 0.134 e. The van der Waals surface area contributed by atoms with Crippen molar-refractivity contribution < 1.29 is 4.39 Å². The first-order chi connectivity index (χ1) is 19.3. The molecule has 2 nitrogen and oxygen atoms in total. The van der Waals surface area contributed by atoms with Crippen molar-refractivity contribution >= 4 is 5.69 Å². The van der Waals surface area contributed by atoms with E-state index in [4.69, 9.17) is 0 Å². The Hall–Kier alpha value is -2.39. The number of hydrogen-bond donors (Lipinski definition) is 1. The predicted molar refractivity (Wildman–Crippen MR) is 173 cm³/mol. The lowest BCUT2D eigenvalue weighted by Crippen LogP contribution is -2.38. The monoisotopic (exact) mass is 546 g/mol. The molecule has 0 radical (unpaired) electrons. The number of piperidine rings is 1. The molecule has 4 atom stereocenters. The molecule has 4 rings (SSSR count). The molecule has 1 saturated heterocycles. The van der Waals surface area contributed by atoms with Gasteiger partial charge in [-0.25, -0.2) is 4.39 Å². The van der Waals surface area contributed by atoms with Crippen molar-refractivity contribution in [2.24, 2.45) is 17.8 Å². The van der Waals surface area contributed by atoms with Crippen LogP contribution in [0.4, 0.5) is 10.1 Å². The van der Waals surface area contributed by atoms with Crippen LogP contribution in [0, 0.1) is 24.7 Å². The zero-order chi connectivity index (χ0) is 29.3. The molecule has 1 aliphatic heterocycles. The van der Waals surface area contributed by atoms with Crippen molar-refractivity contribution in [1.82, 2.24) is 5.32 Å². The fourth-order valence-corrected chi connectivity index (χ4v) is 6.56. The fraction of sp³-hybridized carbons (Fsp3) is 0.568. The number of alkyl halides is 1. The Balaban J connectivity index is 0.00000216. The third-order valence-corrected chi connectivity index (χ3v) is 9.09. The van der Waals surface area contributed by atoms with Gasteiger partial charge in [-0.2, -0.15) is 0 Å². The zero-order valence-corrected chi connectivity index (χ0v) is 26.6. The van der Waals surface area contributed by atoms with Gasteiger partial charge in [0.15, 0.2) is 0 Å². The standard InChI is InChI=1S/C35H49FN2.C2H6/c1-7-10-28(9-3)32-22-35(6,36)33-21-26(5)11-16-31(33)34(32)29-12-14-30(15-13-29)38-19-17-27(18-20-38)24-37-23-25(4)8-2;1-2/h7,9-16,21,25,27,32,34,37H,8,17-20,22-24H2,1-6H3;1-2H3/b10-7-,28-9+;. The number of hydrogen-bond acceptors (Lipinski definition) is 2. The second-order valence-electron chi connectivity index (χ2n) is 12.1. The van der Waals surface area contributed by atoms with Crippen LogP contribution in [0.25, 0.3) is 0 Å². The van der Waals surface area contributed by atoms with Gasteiger partial charge in [0.1, 0.15) is 5.67 Å². The van der Waals surface area contributed by atoms with E-state index in [1.807, 2.05) is 20.8 Å². The van der Waals surface area contributed by atoms with Crippen molar-refractivity contribution in [3.8, 4) is 0 Å². The summed E-state index contributed by atoms with van der Waals surface area (Å²) in [7, 11) is 0. The van der Waals surface area contributed by atoms with Crippen molar-refractivity contribution in [2.75, 3.05) is 31.1 Å². The average Bonchev–Trinajstić information content (AvgIpc) is 2.97. The number of nitrogens with zero attached hydrogens (tertiary/aromatic N) is 1. The fourth-order valence-electron chi connectivity index (χ4n) is 6.56. The highest BCUT2D eigenvalue weighted by Crippen LogP contribution is 2.52. The molecule has 40 heavy (non-hydrogen) atoms. The largest absolute Gasteiger partial charge is 0.372 e. The van der Waals surface area contributed by atoms with E-state index < -0.39 is 5.67 Å². The molecule has 0 aromatic heterocycles. The van der Waals surface area contributed by atoms with Gasteiger partial charge in [0.05, 0.1) is 0 Å². The van der Waals surface area contributed by atoms with E-state index in [1.165, 1.54) is 36.1 Å². The maximum atomic E-state index is 16.1. The van der Waals surface area contributed by atoms with E-state index in [0.717, 1.165) is 54.7 Å². The summed E-state index contributed by atoms with van der Waals surface area (Å²) in [6, 6.07) is 15.6. The molecule has 2 aromatic carbocycles. The van der Waals surface area contributed by atoms with Gasteiger partial charge in [-0.15, -0.1) is 0 Å². The number of anilines is 1. The van der Waals surface area contributed by atoms with E-state index in [1.54, 1.807) is 6.92 Å². The molecule has 0 saturated carbocycles. The lowest BCUT2D eigenvalue weighted by Gasteiger charge is -2.41.